The van der Waals surface area contributed by atoms with Crippen molar-refractivity contribution in [3.63, 3.8) is 0 Å². The Morgan fingerprint density at radius 3 is 2.22 bits per heavy atom. The Labute approximate surface area is 155 Å². The quantitative estimate of drug-likeness (QED) is 0.233. The van der Waals surface area contributed by atoms with Crippen LogP contribution < -0.4 is 9.47 Å². The van der Waals surface area contributed by atoms with Gasteiger partial charge in [0, 0.05) is 6.61 Å². The molecule has 1 aromatic carbocycles. The second kappa shape index (κ2) is 10.2. The van der Waals surface area contributed by atoms with Crippen LogP contribution in [0.15, 0.2) is 18.2 Å². The van der Waals surface area contributed by atoms with E-state index in [0.29, 0.717) is 12.0 Å². The standard InChI is InChI=1S/C17H26O10/c18-4-3-9-1-2-11(25-10(6-19)7-20)12(5-9)26-17-16(24)15(23)14(22)13(8-21)27-17/h1-2,5,10,13-24H,3-4,6-8H2/t13-,14-,15+,16-,17-/m1/s1. The monoisotopic (exact) mass is 390 g/mol. The van der Waals surface area contributed by atoms with Crippen LogP contribution in [0.3, 0.4) is 0 Å². The summed E-state index contributed by atoms with van der Waals surface area (Å²) in [4.78, 5) is 0. The number of rotatable bonds is 9. The van der Waals surface area contributed by atoms with Gasteiger partial charge in [0.1, 0.15) is 30.5 Å². The van der Waals surface area contributed by atoms with Gasteiger partial charge < -0.3 is 50.0 Å². The minimum atomic E-state index is -1.61. The van der Waals surface area contributed by atoms with Crippen LogP contribution in [-0.4, -0.2) is 99.0 Å². The first-order valence-corrected chi connectivity index (χ1v) is 8.54. The molecule has 1 aromatic rings. The first-order chi connectivity index (χ1) is 12.9. The van der Waals surface area contributed by atoms with Crippen molar-refractivity contribution < 1.29 is 50.0 Å². The lowest BCUT2D eigenvalue weighted by Crippen LogP contribution is -2.60. The maximum absolute atomic E-state index is 10.1. The Hall–Kier alpha value is -1.50. The molecule has 0 aromatic heterocycles. The van der Waals surface area contributed by atoms with E-state index in [1.165, 1.54) is 12.1 Å². The molecule has 0 saturated carbocycles. The zero-order valence-corrected chi connectivity index (χ0v) is 14.6. The van der Waals surface area contributed by atoms with E-state index in [0.717, 1.165) is 0 Å². The zero-order chi connectivity index (χ0) is 20.0. The number of aliphatic hydroxyl groups excluding tert-OH is 7. The Bertz CT molecular complexity index is 577. The molecule has 27 heavy (non-hydrogen) atoms. The number of benzene rings is 1. The van der Waals surface area contributed by atoms with Crippen LogP contribution in [0.25, 0.3) is 0 Å². The molecule has 0 bridgehead atoms. The Balaban J connectivity index is 2.26. The molecule has 2 rings (SSSR count). The molecule has 10 heteroatoms. The van der Waals surface area contributed by atoms with Crippen LogP contribution in [0.4, 0.5) is 0 Å². The van der Waals surface area contributed by atoms with E-state index in [9.17, 15) is 30.6 Å². The normalized spacial score (nSPS) is 28.4. The third-order valence-corrected chi connectivity index (χ3v) is 4.20. The van der Waals surface area contributed by atoms with Crippen molar-refractivity contribution in [2.24, 2.45) is 0 Å². The Morgan fingerprint density at radius 2 is 1.63 bits per heavy atom. The van der Waals surface area contributed by atoms with E-state index in [-0.39, 0.29) is 18.1 Å². The highest BCUT2D eigenvalue weighted by Crippen LogP contribution is 2.33. The average molecular weight is 390 g/mol. The predicted molar refractivity (Wildman–Crippen MR) is 90.2 cm³/mol. The van der Waals surface area contributed by atoms with Gasteiger partial charge in [-0.2, -0.15) is 0 Å². The van der Waals surface area contributed by atoms with Gasteiger partial charge in [-0.1, -0.05) is 6.07 Å². The molecule has 154 valence electrons. The predicted octanol–water partition coefficient (Wildman–Crippen LogP) is -2.87. The van der Waals surface area contributed by atoms with Crippen LogP contribution in [-0.2, 0) is 11.2 Å². The van der Waals surface area contributed by atoms with E-state index >= 15 is 0 Å². The fourth-order valence-electron chi connectivity index (χ4n) is 2.63. The summed E-state index contributed by atoms with van der Waals surface area (Å²) in [6.45, 7) is -1.62. The van der Waals surface area contributed by atoms with Crippen LogP contribution in [0, 0.1) is 0 Å². The van der Waals surface area contributed by atoms with E-state index in [1.54, 1.807) is 6.07 Å². The Kier molecular flexibility index (Phi) is 8.20. The van der Waals surface area contributed by atoms with Gasteiger partial charge in [0.15, 0.2) is 11.5 Å². The highest BCUT2D eigenvalue weighted by molar-refractivity contribution is 5.43. The first-order valence-electron chi connectivity index (χ1n) is 8.54. The molecule has 1 fully saturated rings. The van der Waals surface area contributed by atoms with E-state index in [2.05, 4.69) is 0 Å². The summed E-state index contributed by atoms with van der Waals surface area (Å²) in [5, 5.41) is 66.6. The third-order valence-electron chi connectivity index (χ3n) is 4.20. The lowest BCUT2D eigenvalue weighted by Gasteiger charge is -2.39. The molecule has 1 saturated heterocycles. The summed E-state index contributed by atoms with van der Waals surface area (Å²) >= 11 is 0. The summed E-state index contributed by atoms with van der Waals surface area (Å²) in [6, 6.07) is 4.67. The summed E-state index contributed by atoms with van der Waals surface area (Å²) < 4.78 is 16.4. The minimum absolute atomic E-state index is 0.0668. The highest BCUT2D eigenvalue weighted by Gasteiger charge is 2.45. The molecular formula is C17H26O10. The maximum Gasteiger partial charge on any atom is 0.229 e. The van der Waals surface area contributed by atoms with Crippen LogP contribution in [0.1, 0.15) is 5.56 Å². The summed E-state index contributed by atoms with van der Waals surface area (Å²) in [7, 11) is 0. The molecule has 1 heterocycles. The molecular weight excluding hydrogens is 364 g/mol. The molecule has 0 amide bonds. The molecule has 0 aliphatic carbocycles. The van der Waals surface area contributed by atoms with Crippen molar-refractivity contribution in [2.75, 3.05) is 26.4 Å². The summed E-state index contributed by atoms with van der Waals surface area (Å²) in [5.74, 6) is 0.193. The van der Waals surface area contributed by atoms with Gasteiger partial charge in [-0.15, -0.1) is 0 Å². The number of hydrogen-bond acceptors (Lipinski definition) is 10. The van der Waals surface area contributed by atoms with Crippen molar-refractivity contribution in [3.05, 3.63) is 23.8 Å². The van der Waals surface area contributed by atoms with Gasteiger partial charge in [-0.25, -0.2) is 0 Å². The van der Waals surface area contributed by atoms with Crippen molar-refractivity contribution in [2.45, 2.75) is 43.2 Å². The second-order valence-corrected chi connectivity index (χ2v) is 6.17. The van der Waals surface area contributed by atoms with E-state index in [1.807, 2.05) is 0 Å². The third kappa shape index (κ3) is 5.27. The van der Waals surface area contributed by atoms with E-state index in [4.69, 9.17) is 19.3 Å². The fraction of sp³-hybridized carbons (Fsp3) is 0.647. The topological polar surface area (TPSA) is 169 Å². The molecule has 10 nitrogen and oxygen atoms in total. The highest BCUT2D eigenvalue weighted by atomic mass is 16.7. The molecule has 1 aliphatic heterocycles. The maximum atomic E-state index is 10.1. The zero-order valence-electron chi connectivity index (χ0n) is 14.6. The van der Waals surface area contributed by atoms with E-state index < -0.39 is 56.6 Å². The molecule has 7 N–H and O–H groups in total. The van der Waals surface area contributed by atoms with Crippen molar-refractivity contribution >= 4 is 0 Å². The van der Waals surface area contributed by atoms with Crippen LogP contribution >= 0.6 is 0 Å². The average Bonchev–Trinajstić information content (AvgIpc) is 2.68. The van der Waals surface area contributed by atoms with Crippen molar-refractivity contribution in [1.29, 1.82) is 0 Å². The van der Waals surface area contributed by atoms with Gasteiger partial charge in [0.2, 0.25) is 6.29 Å². The first kappa shape index (κ1) is 21.8. The smallest absolute Gasteiger partial charge is 0.229 e. The number of ether oxygens (including phenoxy) is 3. The van der Waals surface area contributed by atoms with Gasteiger partial charge >= 0.3 is 0 Å². The SMILES string of the molecule is OCCc1ccc(OC(CO)CO)c(O[C@@H]2O[C@H](CO)[C@@H](O)[C@H](O)[C@H]2O)c1. The fourth-order valence-corrected chi connectivity index (χ4v) is 2.63. The summed E-state index contributed by atoms with van der Waals surface area (Å²) in [5.41, 5.74) is 0.675. The molecule has 0 radical (unpaired) electrons. The van der Waals surface area contributed by atoms with Gasteiger partial charge in [0.05, 0.1) is 19.8 Å². The minimum Gasteiger partial charge on any atom is -0.482 e. The van der Waals surface area contributed by atoms with Crippen molar-refractivity contribution in [3.8, 4) is 11.5 Å². The molecule has 0 spiro atoms. The molecule has 5 atom stereocenters. The van der Waals surface area contributed by atoms with Crippen LogP contribution in [0.2, 0.25) is 0 Å². The van der Waals surface area contributed by atoms with Gasteiger partial charge in [-0.3, -0.25) is 0 Å². The molecule has 0 unspecified atom stereocenters. The molecule has 1 aliphatic rings. The Morgan fingerprint density at radius 1 is 0.926 bits per heavy atom. The largest absolute Gasteiger partial charge is 0.482 e. The summed E-state index contributed by atoms with van der Waals surface area (Å²) in [6.07, 6.45) is -7.89. The van der Waals surface area contributed by atoms with Gasteiger partial charge in [-0.05, 0) is 24.1 Å². The van der Waals surface area contributed by atoms with Crippen LogP contribution in [0.5, 0.6) is 11.5 Å². The lowest BCUT2D eigenvalue weighted by atomic mass is 9.99. The second-order valence-electron chi connectivity index (χ2n) is 6.17. The van der Waals surface area contributed by atoms with Gasteiger partial charge in [0.25, 0.3) is 0 Å². The number of aliphatic hydroxyl groups is 7. The van der Waals surface area contributed by atoms with Crippen molar-refractivity contribution in [1.82, 2.24) is 0 Å². The number of hydrogen-bond donors (Lipinski definition) is 7. The lowest BCUT2D eigenvalue weighted by molar-refractivity contribution is -0.277.